The van der Waals surface area contributed by atoms with Crippen LogP contribution in [-0.2, 0) is 16.0 Å². The molecule has 5 nitrogen and oxygen atoms in total. The number of halogens is 1. The van der Waals surface area contributed by atoms with Crippen LogP contribution in [0.2, 0.25) is 0 Å². The van der Waals surface area contributed by atoms with E-state index in [2.05, 4.69) is 10.6 Å². The van der Waals surface area contributed by atoms with E-state index in [1.807, 2.05) is 48.5 Å². The number of rotatable bonds is 7. The lowest BCUT2D eigenvalue weighted by atomic mass is 10.1. The molecular weight excluding hydrogens is 371 g/mol. The average molecular weight is 392 g/mol. The predicted octanol–water partition coefficient (Wildman–Crippen LogP) is 4.41. The summed E-state index contributed by atoms with van der Waals surface area (Å²) in [5.74, 6) is -0.748. The van der Waals surface area contributed by atoms with Gasteiger partial charge in [0.25, 0.3) is 5.91 Å². The van der Waals surface area contributed by atoms with Crippen LogP contribution in [0.1, 0.15) is 12.5 Å². The third-order valence-corrected chi connectivity index (χ3v) is 4.14. The van der Waals surface area contributed by atoms with Gasteiger partial charge in [-0.2, -0.15) is 0 Å². The maximum absolute atomic E-state index is 14.1. The minimum Gasteiger partial charge on any atom is -0.481 e. The van der Waals surface area contributed by atoms with E-state index in [9.17, 15) is 14.0 Å². The quantitative estimate of drug-likeness (QED) is 0.626. The standard InChI is InChI=1S/C23H21FN2O3/c1-16(29-19-10-6-3-7-11-19)23(28)25-18-12-13-20(24)21(15-18)26-22(27)14-17-8-4-2-5-9-17/h2-13,15-16H,14H2,1H3,(H,25,28)(H,26,27). The van der Waals surface area contributed by atoms with Gasteiger partial charge in [0.05, 0.1) is 12.1 Å². The van der Waals surface area contributed by atoms with Crippen LogP contribution in [-0.4, -0.2) is 17.9 Å². The molecule has 0 bridgehead atoms. The maximum atomic E-state index is 14.1. The van der Waals surface area contributed by atoms with Crippen molar-refractivity contribution in [2.75, 3.05) is 10.6 Å². The second kappa shape index (κ2) is 9.50. The van der Waals surface area contributed by atoms with E-state index in [4.69, 9.17) is 4.74 Å². The zero-order valence-corrected chi connectivity index (χ0v) is 15.9. The molecule has 0 saturated heterocycles. The Morgan fingerprint density at radius 3 is 2.28 bits per heavy atom. The molecule has 2 amide bonds. The molecule has 29 heavy (non-hydrogen) atoms. The number of nitrogens with one attached hydrogen (secondary N) is 2. The summed E-state index contributed by atoms with van der Waals surface area (Å²) in [6.45, 7) is 1.62. The van der Waals surface area contributed by atoms with Gasteiger partial charge in [-0.05, 0) is 42.8 Å². The number of hydrogen-bond donors (Lipinski definition) is 2. The Kier molecular flexibility index (Phi) is 6.58. The van der Waals surface area contributed by atoms with Crippen molar-refractivity contribution in [1.82, 2.24) is 0 Å². The average Bonchev–Trinajstić information content (AvgIpc) is 2.72. The van der Waals surface area contributed by atoms with Crippen LogP contribution in [0.25, 0.3) is 0 Å². The molecule has 0 aliphatic rings. The topological polar surface area (TPSA) is 67.4 Å². The van der Waals surface area contributed by atoms with Gasteiger partial charge in [-0.3, -0.25) is 9.59 Å². The molecule has 0 fully saturated rings. The smallest absolute Gasteiger partial charge is 0.265 e. The lowest BCUT2D eigenvalue weighted by Crippen LogP contribution is -2.30. The summed E-state index contributed by atoms with van der Waals surface area (Å²) in [6.07, 6.45) is -0.627. The van der Waals surface area contributed by atoms with E-state index < -0.39 is 11.9 Å². The zero-order chi connectivity index (χ0) is 20.6. The first-order valence-electron chi connectivity index (χ1n) is 9.17. The van der Waals surface area contributed by atoms with Gasteiger partial charge in [-0.1, -0.05) is 48.5 Å². The third-order valence-electron chi connectivity index (χ3n) is 4.14. The number of benzene rings is 3. The van der Waals surface area contributed by atoms with Crippen LogP contribution in [0.15, 0.2) is 78.9 Å². The van der Waals surface area contributed by atoms with E-state index in [1.165, 1.54) is 18.2 Å². The van der Waals surface area contributed by atoms with Crippen molar-refractivity contribution in [3.8, 4) is 5.75 Å². The summed E-state index contributed by atoms with van der Waals surface area (Å²) >= 11 is 0. The highest BCUT2D eigenvalue weighted by molar-refractivity contribution is 5.96. The van der Waals surface area contributed by atoms with Gasteiger partial charge in [-0.25, -0.2) is 4.39 Å². The molecule has 1 atom stereocenters. The second-order valence-corrected chi connectivity index (χ2v) is 6.47. The SMILES string of the molecule is CC(Oc1ccccc1)C(=O)Nc1ccc(F)c(NC(=O)Cc2ccccc2)c1. The fourth-order valence-corrected chi connectivity index (χ4v) is 2.68. The molecule has 3 rings (SSSR count). The molecule has 0 radical (unpaired) electrons. The van der Waals surface area contributed by atoms with Crippen molar-refractivity contribution in [1.29, 1.82) is 0 Å². The fraction of sp³-hybridized carbons (Fsp3) is 0.130. The summed E-state index contributed by atoms with van der Waals surface area (Å²) in [5.41, 5.74) is 1.18. The van der Waals surface area contributed by atoms with E-state index in [0.29, 0.717) is 11.4 Å². The molecule has 0 aliphatic carbocycles. The lowest BCUT2D eigenvalue weighted by Gasteiger charge is -2.15. The lowest BCUT2D eigenvalue weighted by molar-refractivity contribution is -0.122. The minimum absolute atomic E-state index is 0.000335. The number of carbonyl (C=O) groups excluding carboxylic acids is 2. The van der Waals surface area contributed by atoms with Crippen LogP contribution in [0.4, 0.5) is 15.8 Å². The van der Waals surface area contributed by atoms with Gasteiger partial charge in [0, 0.05) is 5.69 Å². The van der Waals surface area contributed by atoms with Crippen LogP contribution < -0.4 is 15.4 Å². The fourth-order valence-electron chi connectivity index (χ4n) is 2.68. The molecule has 6 heteroatoms. The molecule has 148 valence electrons. The molecule has 0 aromatic heterocycles. The first-order chi connectivity index (χ1) is 14.0. The van der Waals surface area contributed by atoms with Crippen LogP contribution in [0.5, 0.6) is 5.75 Å². The summed E-state index contributed by atoms with van der Waals surface area (Å²) in [7, 11) is 0. The molecular formula is C23H21FN2O3. The van der Waals surface area contributed by atoms with Crippen LogP contribution >= 0.6 is 0 Å². The van der Waals surface area contributed by atoms with Crippen molar-refractivity contribution in [3.05, 3.63) is 90.2 Å². The van der Waals surface area contributed by atoms with Crippen molar-refractivity contribution < 1.29 is 18.7 Å². The Morgan fingerprint density at radius 2 is 1.59 bits per heavy atom. The first-order valence-corrected chi connectivity index (χ1v) is 9.17. The molecule has 3 aromatic carbocycles. The molecule has 3 aromatic rings. The van der Waals surface area contributed by atoms with E-state index in [0.717, 1.165) is 5.56 Å². The van der Waals surface area contributed by atoms with E-state index in [-0.39, 0.29) is 23.9 Å². The molecule has 0 aliphatic heterocycles. The Hall–Kier alpha value is -3.67. The van der Waals surface area contributed by atoms with Crippen molar-refractivity contribution in [2.24, 2.45) is 0 Å². The highest BCUT2D eigenvalue weighted by atomic mass is 19.1. The number of para-hydroxylation sites is 1. The minimum atomic E-state index is -0.751. The number of ether oxygens (including phenoxy) is 1. The number of amides is 2. The van der Waals surface area contributed by atoms with Crippen molar-refractivity contribution >= 4 is 23.2 Å². The van der Waals surface area contributed by atoms with Gasteiger partial charge in [0.1, 0.15) is 11.6 Å². The first kappa shape index (κ1) is 20.1. The predicted molar refractivity (Wildman–Crippen MR) is 110 cm³/mol. The van der Waals surface area contributed by atoms with Gasteiger partial charge in [-0.15, -0.1) is 0 Å². The highest BCUT2D eigenvalue weighted by Gasteiger charge is 2.16. The van der Waals surface area contributed by atoms with Crippen LogP contribution in [0, 0.1) is 5.82 Å². The Bertz CT molecular complexity index is 978. The molecule has 0 spiro atoms. The van der Waals surface area contributed by atoms with Gasteiger partial charge in [0.15, 0.2) is 6.10 Å². The number of anilines is 2. The molecule has 0 heterocycles. The van der Waals surface area contributed by atoms with Gasteiger partial charge < -0.3 is 15.4 Å². The monoisotopic (exact) mass is 392 g/mol. The van der Waals surface area contributed by atoms with Crippen molar-refractivity contribution in [3.63, 3.8) is 0 Å². The second-order valence-electron chi connectivity index (χ2n) is 6.47. The summed E-state index contributed by atoms with van der Waals surface area (Å²) in [5, 5.41) is 5.22. The molecule has 1 unspecified atom stereocenters. The molecule has 2 N–H and O–H groups in total. The van der Waals surface area contributed by atoms with Crippen molar-refractivity contribution in [2.45, 2.75) is 19.4 Å². The number of carbonyl (C=O) groups is 2. The summed E-state index contributed by atoms with van der Waals surface area (Å²) in [4.78, 5) is 24.6. The Labute approximate surface area is 168 Å². The Balaban J connectivity index is 1.62. The molecule has 0 saturated carbocycles. The van der Waals surface area contributed by atoms with Gasteiger partial charge >= 0.3 is 0 Å². The largest absolute Gasteiger partial charge is 0.481 e. The van der Waals surface area contributed by atoms with Gasteiger partial charge in [0.2, 0.25) is 5.91 Å². The Morgan fingerprint density at radius 1 is 0.931 bits per heavy atom. The van der Waals surface area contributed by atoms with Crippen LogP contribution in [0.3, 0.4) is 0 Å². The number of hydrogen-bond acceptors (Lipinski definition) is 3. The summed E-state index contributed by atoms with van der Waals surface area (Å²) < 4.78 is 19.7. The summed E-state index contributed by atoms with van der Waals surface area (Å²) in [6, 6.07) is 22.1. The van der Waals surface area contributed by atoms with E-state index in [1.54, 1.807) is 19.1 Å². The maximum Gasteiger partial charge on any atom is 0.265 e. The van der Waals surface area contributed by atoms with E-state index >= 15 is 0 Å². The highest BCUT2D eigenvalue weighted by Crippen LogP contribution is 2.21. The third kappa shape index (κ3) is 5.90. The zero-order valence-electron chi connectivity index (χ0n) is 15.9. The normalized spacial score (nSPS) is 11.4.